The highest BCUT2D eigenvalue weighted by molar-refractivity contribution is 6.03. The van der Waals surface area contributed by atoms with Crippen molar-refractivity contribution >= 4 is 29.3 Å². The fraction of sp³-hybridized carbons (Fsp3) is 0.238. The highest BCUT2D eigenvalue weighted by Gasteiger charge is 2.29. The van der Waals surface area contributed by atoms with E-state index in [1.54, 1.807) is 30.3 Å². The quantitative estimate of drug-likeness (QED) is 0.646. The molecule has 29 heavy (non-hydrogen) atoms. The fourth-order valence-corrected chi connectivity index (χ4v) is 2.65. The molecule has 1 aliphatic rings. The minimum Gasteiger partial charge on any atom is -0.493 e. The van der Waals surface area contributed by atoms with Crippen molar-refractivity contribution in [3.63, 3.8) is 0 Å². The van der Waals surface area contributed by atoms with E-state index in [2.05, 4.69) is 15.4 Å². The van der Waals surface area contributed by atoms with Crippen LogP contribution in [0.25, 0.3) is 6.08 Å². The molecule has 2 N–H and O–H groups in total. The van der Waals surface area contributed by atoms with Gasteiger partial charge in [0.15, 0.2) is 11.5 Å². The summed E-state index contributed by atoms with van der Waals surface area (Å²) >= 11 is 0. The Kier molecular flexibility index (Phi) is 6.43. The Hall–Kier alpha value is -3.42. The molecule has 2 amide bonds. The molecule has 0 heterocycles. The van der Waals surface area contributed by atoms with E-state index in [1.807, 2.05) is 0 Å². The summed E-state index contributed by atoms with van der Waals surface area (Å²) in [6.45, 7) is -3.03. The molecule has 8 heteroatoms. The van der Waals surface area contributed by atoms with Crippen LogP contribution < -0.4 is 20.1 Å². The lowest BCUT2D eigenvalue weighted by molar-refractivity contribution is -0.117. The third-order valence-corrected chi connectivity index (χ3v) is 4.20. The Labute approximate surface area is 166 Å². The number of benzene rings is 2. The number of methoxy groups -OCH3 is 1. The zero-order valence-corrected chi connectivity index (χ0v) is 15.7. The predicted molar refractivity (Wildman–Crippen MR) is 105 cm³/mol. The van der Waals surface area contributed by atoms with Crippen LogP contribution in [0.4, 0.5) is 20.2 Å². The number of ether oxygens (including phenoxy) is 2. The Bertz CT molecular complexity index is 927. The van der Waals surface area contributed by atoms with Crippen molar-refractivity contribution in [1.29, 1.82) is 0 Å². The first-order chi connectivity index (χ1) is 14.0. The zero-order chi connectivity index (χ0) is 20.8. The van der Waals surface area contributed by atoms with Crippen LogP contribution >= 0.6 is 0 Å². The molecule has 1 fully saturated rings. The number of hydrogen-bond donors (Lipinski definition) is 2. The van der Waals surface area contributed by atoms with Crippen molar-refractivity contribution in [3.8, 4) is 11.5 Å². The van der Waals surface area contributed by atoms with E-state index in [-0.39, 0.29) is 28.9 Å². The van der Waals surface area contributed by atoms with E-state index >= 15 is 0 Å². The average molecular weight is 402 g/mol. The van der Waals surface area contributed by atoms with Crippen molar-refractivity contribution in [2.45, 2.75) is 19.5 Å². The molecular formula is C21H20F2N2O4. The van der Waals surface area contributed by atoms with Gasteiger partial charge in [0.1, 0.15) is 0 Å². The van der Waals surface area contributed by atoms with Crippen LogP contribution in [0.15, 0.2) is 48.5 Å². The van der Waals surface area contributed by atoms with Gasteiger partial charge in [-0.2, -0.15) is 8.78 Å². The van der Waals surface area contributed by atoms with E-state index in [0.29, 0.717) is 11.4 Å². The van der Waals surface area contributed by atoms with Gasteiger partial charge in [-0.05, 0) is 43.2 Å². The molecule has 1 saturated carbocycles. The summed E-state index contributed by atoms with van der Waals surface area (Å²) in [6.07, 6.45) is 4.35. The largest absolute Gasteiger partial charge is 0.493 e. The molecule has 1 aliphatic carbocycles. The Morgan fingerprint density at radius 3 is 2.45 bits per heavy atom. The smallest absolute Gasteiger partial charge is 0.387 e. The van der Waals surface area contributed by atoms with Crippen LogP contribution in [0.3, 0.4) is 0 Å². The van der Waals surface area contributed by atoms with Gasteiger partial charge in [0.2, 0.25) is 11.8 Å². The van der Waals surface area contributed by atoms with Gasteiger partial charge in [-0.1, -0.05) is 18.2 Å². The van der Waals surface area contributed by atoms with Gasteiger partial charge < -0.3 is 20.1 Å². The molecular weight excluding hydrogens is 382 g/mol. The third kappa shape index (κ3) is 5.78. The van der Waals surface area contributed by atoms with Gasteiger partial charge in [0.05, 0.1) is 7.11 Å². The number of anilines is 2. The van der Waals surface area contributed by atoms with Crippen LogP contribution in [0.2, 0.25) is 0 Å². The van der Waals surface area contributed by atoms with E-state index in [1.165, 1.54) is 31.4 Å². The minimum absolute atomic E-state index is 0.0297. The lowest BCUT2D eigenvalue weighted by Crippen LogP contribution is -2.14. The maximum absolute atomic E-state index is 12.7. The van der Waals surface area contributed by atoms with Gasteiger partial charge >= 0.3 is 6.61 Å². The van der Waals surface area contributed by atoms with Crippen LogP contribution in [0.5, 0.6) is 11.5 Å². The average Bonchev–Trinajstić information content (AvgIpc) is 3.52. The molecule has 152 valence electrons. The third-order valence-electron chi connectivity index (χ3n) is 4.20. The first-order valence-electron chi connectivity index (χ1n) is 8.98. The number of amides is 2. The monoisotopic (exact) mass is 402 g/mol. The molecule has 0 atom stereocenters. The molecule has 0 aromatic heterocycles. The van der Waals surface area contributed by atoms with E-state index in [9.17, 15) is 18.4 Å². The summed E-state index contributed by atoms with van der Waals surface area (Å²) in [5.41, 5.74) is 1.34. The Morgan fingerprint density at radius 2 is 1.79 bits per heavy atom. The summed E-state index contributed by atoms with van der Waals surface area (Å²) in [4.78, 5) is 24.1. The zero-order valence-electron chi connectivity index (χ0n) is 15.7. The second kappa shape index (κ2) is 9.18. The summed E-state index contributed by atoms with van der Waals surface area (Å²) in [7, 11) is 1.34. The summed E-state index contributed by atoms with van der Waals surface area (Å²) in [5.74, 6) is -0.450. The molecule has 0 radical (unpaired) electrons. The maximum Gasteiger partial charge on any atom is 0.387 e. The molecule has 0 bridgehead atoms. The number of carbonyl (C=O) groups excluding carboxylic acids is 2. The van der Waals surface area contributed by atoms with E-state index < -0.39 is 12.5 Å². The predicted octanol–water partition coefficient (Wildman–Crippen LogP) is 4.30. The number of alkyl halides is 2. The number of rotatable bonds is 8. The lowest BCUT2D eigenvalue weighted by atomic mass is 10.1. The molecule has 6 nitrogen and oxygen atoms in total. The topological polar surface area (TPSA) is 76.7 Å². The van der Waals surface area contributed by atoms with Crippen molar-refractivity contribution in [3.05, 3.63) is 54.1 Å². The number of nitrogens with one attached hydrogen (secondary N) is 2. The SMILES string of the molecule is COc1cccc(/C=C/C(=O)Nc2cccc(NC(=O)C3CC3)c2)c1OC(F)F. The van der Waals surface area contributed by atoms with Crippen LogP contribution in [-0.2, 0) is 9.59 Å². The molecule has 0 spiro atoms. The van der Waals surface area contributed by atoms with E-state index in [4.69, 9.17) is 4.74 Å². The lowest BCUT2D eigenvalue weighted by Gasteiger charge is -2.12. The van der Waals surface area contributed by atoms with Crippen molar-refractivity contribution in [1.82, 2.24) is 0 Å². The van der Waals surface area contributed by atoms with E-state index in [0.717, 1.165) is 12.8 Å². The summed E-state index contributed by atoms with van der Waals surface area (Å²) in [6, 6.07) is 11.4. The van der Waals surface area contributed by atoms with Gasteiger partial charge in [-0.25, -0.2) is 0 Å². The number of para-hydroxylation sites is 1. The van der Waals surface area contributed by atoms with Crippen molar-refractivity contribution < 1.29 is 27.8 Å². The van der Waals surface area contributed by atoms with Crippen molar-refractivity contribution in [2.75, 3.05) is 17.7 Å². The second-order valence-corrected chi connectivity index (χ2v) is 6.42. The Morgan fingerprint density at radius 1 is 1.10 bits per heavy atom. The first kappa shape index (κ1) is 20.3. The normalized spacial score (nSPS) is 13.4. The molecule has 2 aromatic rings. The van der Waals surface area contributed by atoms with Crippen molar-refractivity contribution in [2.24, 2.45) is 5.92 Å². The minimum atomic E-state index is -3.03. The maximum atomic E-state index is 12.7. The van der Waals surface area contributed by atoms with Gasteiger partial charge in [-0.3, -0.25) is 9.59 Å². The highest BCUT2D eigenvalue weighted by atomic mass is 19.3. The second-order valence-electron chi connectivity index (χ2n) is 6.42. The number of carbonyl (C=O) groups is 2. The molecule has 0 aliphatic heterocycles. The van der Waals surface area contributed by atoms with Crippen LogP contribution in [0.1, 0.15) is 18.4 Å². The standard InChI is InChI=1S/C21H20F2N2O4/c1-28-17-7-2-4-13(19(17)29-21(22)23)10-11-18(26)24-15-5-3-6-16(12-15)25-20(27)14-8-9-14/h2-7,10-12,14,21H,8-9H2,1H3,(H,24,26)(H,25,27)/b11-10+. The highest BCUT2D eigenvalue weighted by Crippen LogP contribution is 2.33. The first-order valence-corrected chi connectivity index (χ1v) is 8.98. The summed E-state index contributed by atoms with van der Waals surface area (Å²) < 4.78 is 34.9. The molecule has 3 rings (SSSR count). The summed E-state index contributed by atoms with van der Waals surface area (Å²) in [5, 5.41) is 5.47. The van der Waals surface area contributed by atoms with Gasteiger partial charge in [0.25, 0.3) is 0 Å². The number of hydrogen-bond acceptors (Lipinski definition) is 4. The molecule has 2 aromatic carbocycles. The molecule has 0 saturated heterocycles. The molecule has 0 unspecified atom stereocenters. The van der Waals surface area contributed by atoms with Gasteiger partial charge in [-0.15, -0.1) is 0 Å². The van der Waals surface area contributed by atoms with Crippen LogP contribution in [0, 0.1) is 5.92 Å². The fourth-order valence-electron chi connectivity index (χ4n) is 2.65. The van der Waals surface area contributed by atoms with Crippen LogP contribution in [-0.4, -0.2) is 25.5 Å². The number of halogens is 2. The van der Waals surface area contributed by atoms with Gasteiger partial charge in [0, 0.05) is 28.9 Å². The Balaban J connectivity index is 1.68.